The maximum Gasteiger partial charge on any atom is 0.276 e. The molecular weight excluding hydrogens is 348 g/mol. The molecule has 3 aromatic heterocycles. The first-order chi connectivity index (χ1) is 12.7. The fraction of sp³-hybridized carbons (Fsp3) is 0.105. The summed E-state index contributed by atoms with van der Waals surface area (Å²) < 4.78 is 7.03. The molecule has 4 rings (SSSR count). The number of hydrogen-bond donors (Lipinski definition) is 1. The van der Waals surface area contributed by atoms with Crippen LogP contribution in [0.3, 0.4) is 0 Å². The number of rotatable bonds is 5. The van der Waals surface area contributed by atoms with Gasteiger partial charge in [-0.2, -0.15) is 5.10 Å². The van der Waals surface area contributed by atoms with Crippen molar-refractivity contribution in [1.82, 2.24) is 14.8 Å². The molecule has 0 radical (unpaired) electrons. The summed E-state index contributed by atoms with van der Waals surface area (Å²) in [7, 11) is 0. The Morgan fingerprint density at radius 3 is 2.81 bits per heavy atom. The van der Waals surface area contributed by atoms with Crippen molar-refractivity contribution in [3.8, 4) is 10.4 Å². The third-order valence-corrected chi connectivity index (χ3v) is 4.85. The quantitative estimate of drug-likeness (QED) is 0.576. The maximum atomic E-state index is 12.8. The van der Waals surface area contributed by atoms with Crippen LogP contribution < -0.4 is 5.32 Å². The van der Waals surface area contributed by atoms with Crippen LogP contribution in [0, 0.1) is 6.92 Å². The van der Waals surface area contributed by atoms with Crippen molar-refractivity contribution < 1.29 is 9.21 Å². The van der Waals surface area contributed by atoms with E-state index in [-0.39, 0.29) is 5.91 Å². The standard InChI is InChI=1S/C19H16N4O2S/c1-13-21-17(18(26-13)14-6-3-2-4-7-14)19(24)22-16-9-10-20-23(16)12-15-8-5-11-25-15/h2-11H,12H2,1H3,(H,22,24). The van der Waals surface area contributed by atoms with Crippen molar-refractivity contribution in [2.24, 2.45) is 0 Å². The highest BCUT2D eigenvalue weighted by atomic mass is 32.1. The molecule has 0 saturated heterocycles. The summed E-state index contributed by atoms with van der Waals surface area (Å²) in [5.74, 6) is 1.10. The largest absolute Gasteiger partial charge is 0.467 e. The van der Waals surface area contributed by atoms with Gasteiger partial charge >= 0.3 is 0 Å². The van der Waals surface area contributed by atoms with Crippen LogP contribution in [-0.2, 0) is 6.54 Å². The third kappa shape index (κ3) is 3.29. The highest BCUT2D eigenvalue weighted by Crippen LogP contribution is 2.30. The van der Waals surface area contributed by atoms with Gasteiger partial charge in [-0.3, -0.25) is 4.79 Å². The second-order valence-corrected chi connectivity index (χ2v) is 6.89. The van der Waals surface area contributed by atoms with Crippen LogP contribution in [0.4, 0.5) is 5.82 Å². The van der Waals surface area contributed by atoms with Gasteiger partial charge in [0, 0.05) is 6.07 Å². The Labute approximate surface area is 154 Å². The van der Waals surface area contributed by atoms with Gasteiger partial charge < -0.3 is 9.73 Å². The minimum absolute atomic E-state index is 0.255. The number of amides is 1. The molecule has 0 aliphatic heterocycles. The lowest BCUT2D eigenvalue weighted by Crippen LogP contribution is -2.17. The summed E-state index contributed by atoms with van der Waals surface area (Å²) in [6.07, 6.45) is 3.25. The molecule has 6 nitrogen and oxygen atoms in total. The Hall–Kier alpha value is -3.19. The average molecular weight is 364 g/mol. The number of carbonyl (C=O) groups is 1. The number of benzene rings is 1. The highest BCUT2D eigenvalue weighted by molar-refractivity contribution is 7.15. The number of aryl methyl sites for hydroxylation is 1. The Bertz CT molecular complexity index is 1020. The van der Waals surface area contributed by atoms with E-state index in [2.05, 4.69) is 15.4 Å². The van der Waals surface area contributed by atoms with E-state index in [0.717, 1.165) is 21.2 Å². The predicted molar refractivity (Wildman–Crippen MR) is 100 cm³/mol. The van der Waals surface area contributed by atoms with Crippen LogP contribution in [0.25, 0.3) is 10.4 Å². The minimum Gasteiger partial charge on any atom is -0.467 e. The fourth-order valence-electron chi connectivity index (χ4n) is 2.66. The zero-order valence-corrected chi connectivity index (χ0v) is 14.9. The van der Waals surface area contributed by atoms with Gasteiger partial charge in [-0.05, 0) is 24.6 Å². The molecule has 0 spiro atoms. The lowest BCUT2D eigenvalue weighted by atomic mass is 10.1. The van der Waals surface area contributed by atoms with Gasteiger partial charge in [0.05, 0.1) is 22.3 Å². The van der Waals surface area contributed by atoms with Gasteiger partial charge in [0.1, 0.15) is 23.8 Å². The molecule has 0 bridgehead atoms. The lowest BCUT2D eigenvalue weighted by Gasteiger charge is -2.08. The first kappa shape index (κ1) is 16.3. The Morgan fingerprint density at radius 1 is 1.19 bits per heavy atom. The molecule has 0 saturated carbocycles. The van der Waals surface area contributed by atoms with E-state index in [9.17, 15) is 4.79 Å². The molecule has 1 N–H and O–H groups in total. The smallest absolute Gasteiger partial charge is 0.276 e. The van der Waals surface area contributed by atoms with Gasteiger partial charge in [0.15, 0.2) is 0 Å². The predicted octanol–water partition coefficient (Wildman–Crippen LogP) is 4.21. The number of thiazole rings is 1. The summed E-state index contributed by atoms with van der Waals surface area (Å²) in [5.41, 5.74) is 1.40. The van der Waals surface area contributed by atoms with Crippen LogP contribution in [0.15, 0.2) is 65.4 Å². The van der Waals surface area contributed by atoms with Crippen LogP contribution >= 0.6 is 11.3 Å². The lowest BCUT2D eigenvalue weighted by molar-refractivity contribution is 0.102. The molecule has 1 aromatic carbocycles. The Balaban J connectivity index is 1.60. The van der Waals surface area contributed by atoms with Crippen molar-refractivity contribution in [2.45, 2.75) is 13.5 Å². The van der Waals surface area contributed by atoms with E-state index in [1.807, 2.05) is 49.4 Å². The van der Waals surface area contributed by atoms with Crippen LogP contribution in [0.1, 0.15) is 21.3 Å². The van der Waals surface area contributed by atoms with Gasteiger partial charge in [-0.25, -0.2) is 9.67 Å². The number of hydrogen-bond acceptors (Lipinski definition) is 5. The first-order valence-corrected chi connectivity index (χ1v) is 8.91. The average Bonchev–Trinajstić information content (AvgIpc) is 3.38. The summed E-state index contributed by atoms with van der Waals surface area (Å²) in [6, 6.07) is 15.2. The number of nitrogens with zero attached hydrogens (tertiary/aromatic N) is 3. The monoisotopic (exact) mass is 364 g/mol. The van der Waals surface area contributed by atoms with E-state index >= 15 is 0 Å². The Morgan fingerprint density at radius 2 is 2.04 bits per heavy atom. The molecule has 1 amide bonds. The van der Waals surface area contributed by atoms with Crippen LogP contribution in [0.2, 0.25) is 0 Å². The van der Waals surface area contributed by atoms with Gasteiger partial charge in [0.2, 0.25) is 0 Å². The third-order valence-electron chi connectivity index (χ3n) is 3.83. The van der Waals surface area contributed by atoms with E-state index in [1.165, 1.54) is 11.3 Å². The zero-order chi connectivity index (χ0) is 17.9. The van der Waals surface area contributed by atoms with Gasteiger partial charge in [0.25, 0.3) is 5.91 Å². The number of nitrogens with one attached hydrogen (secondary N) is 1. The number of aromatic nitrogens is 3. The molecule has 130 valence electrons. The maximum absolute atomic E-state index is 12.8. The second kappa shape index (κ2) is 6.97. The molecule has 0 unspecified atom stereocenters. The molecule has 0 atom stereocenters. The number of anilines is 1. The van der Waals surface area contributed by atoms with Crippen molar-refractivity contribution in [2.75, 3.05) is 5.32 Å². The molecule has 0 aliphatic rings. The van der Waals surface area contributed by atoms with Crippen molar-refractivity contribution in [1.29, 1.82) is 0 Å². The normalized spacial score (nSPS) is 10.8. The van der Waals surface area contributed by atoms with Crippen molar-refractivity contribution >= 4 is 23.1 Å². The molecule has 0 fully saturated rings. The summed E-state index contributed by atoms with van der Waals surface area (Å²) in [6.45, 7) is 2.34. The molecule has 7 heteroatoms. The van der Waals surface area contributed by atoms with E-state index in [0.29, 0.717) is 18.1 Å². The highest BCUT2D eigenvalue weighted by Gasteiger charge is 2.19. The topological polar surface area (TPSA) is 73.0 Å². The van der Waals surface area contributed by atoms with Gasteiger partial charge in [-0.15, -0.1) is 11.3 Å². The first-order valence-electron chi connectivity index (χ1n) is 8.09. The summed E-state index contributed by atoms with van der Waals surface area (Å²) in [5, 5.41) is 8.00. The SMILES string of the molecule is Cc1nc(C(=O)Nc2ccnn2Cc2ccco2)c(-c2ccccc2)s1. The molecule has 26 heavy (non-hydrogen) atoms. The van der Waals surface area contributed by atoms with E-state index < -0.39 is 0 Å². The molecular formula is C19H16N4O2S. The number of carbonyl (C=O) groups excluding carboxylic acids is 1. The Kier molecular flexibility index (Phi) is 4.37. The number of furan rings is 1. The molecule has 3 heterocycles. The van der Waals surface area contributed by atoms with E-state index in [4.69, 9.17) is 4.42 Å². The van der Waals surface area contributed by atoms with Crippen LogP contribution in [0.5, 0.6) is 0 Å². The van der Waals surface area contributed by atoms with Crippen LogP contribution in [-0.4, -0.2) is 20.7 Å². The molecule has 4 aromatic rings. The molecule has 0 aliphatic carbocycles. The summed E-state index contributed by atoms with van der Waals surface area (Å²) >= 11 is 1.51. The van der Waals surface area contributed by atoms with E-state index in [1.54, 1.807) is 23.2 Å². The summed E-state index contributed by atoms with van der Waals surface area (Å²) in [4.78, 5) is 18.1. The zero-order valence-electron chi connectivity index (χ0n) is 14.0. The van der Waals surface area contributed by atoms with Crippen molar-refractivity contribution in [3.05, 3.63) is 77.5 Å². The van der Waals surface area contributed by atoms with Gasteiger partial charge in [-0.1, -0.05) is 30.3 Å². The fourth-order valence-corrected chi connectivity index (χ4v) is 3.58. The minimum atomic E-state index is -0.255. The van der Waals surface area contributed by atoms with Crippen molar-refractivity contribution in [3.63, 3.8) is 0 Å². The second-order valence-electron chi connectivity index (χ2n) is 5.68.